The Morgan fingerprint density at radius 1 is 1.42 bits per heavy atom. The minimum Gasteiger partial charge on any atom is -0.485 e. The average molecular weight is 288 g/mol. The van der Waals surface area contributed by atoms with Crippen LogP contribution in [0, 0.1) is 10.1 Å². The van der Waals surface area contributed by atoms with E-state index in [2.05, 4.69) is 5.32 Å². The smallest absolute Gasteiger partial charge is 0.329 e. The van der Waals surface area contributed by atoms with Gasteiger partial charge >= 0.3 is 5.69 Å². The van der Waals surface area contributed by atoms with Crippen LogP contribution in [0.1, 0.15) is 6.92 Å². The molecule has 0 bridgehead atoms. The van der Waals surface area contributed by atoms with Gasteiger partial charge in [0, 0.05) is 12.8 Å². The van der Waals surface area contributed by atoms with E-state index in [0.29, 0.717) is 6.54 Å². The molecule has 0 atom stereocenters. The van der Waals surface area contributed by atoms with E-state index in [9.17, 15) is 18.5 Å². The predicted molar refractivity (Wildman–Crippen MR) is 70.2 cm³/mol. The highest BCUT2D eigenvalue weighted by Crippen LogP contribution is 2.33. The molecule has 1 aromatic carbocycles. The minimum atomic E-state index is -3.67. The topological polar surface area (TPSA) is 98.5 Å². The Morgan fingerprint density at radius 3 is 2.63 bits per heavy atom. The van der Waals surface area contributed by atoms with Crippen LogP contribution < -0.4 is 10.1 Å². The van der Waals surface area contributed by atoms with E-state index >= 15 is 0 Å². The number of ether oxygens (including phenoxy) is 1. The Balaban J connectivity index is 3.08. The third-order valence-electron chi connectivity index (χ3n) is 2.33. The zero-order chi connectivity index (χ0) is 14.5. The Kier molecular flexibility index (Phi) is 5.25. The first-order valence-corrected chi connectivity index (χ1v) is 7.58. The maximum atomic E-state index is 11.5. The van der Waals surface area contributed by atoms with Gasteiger partial charge in [-0.25, -0.2) is 8.42 Å². The fraction of sp³-hybridized carbons (Fsp3) is 0.455. The van der Waals surface area contributed by atoms with E-state index in [1.54, 1.807) is 0 Å². The first-order valence-electron chi connectivity index (χ1n) is 5.69. The minimum absolute atomic E-state index is 0.0363. The van der Waals surface area contributed by atoms with Crippen LogP contribution in [0.25, 0.3) is 0 Å². The van der Waals surface area contributed by atoms with Crippen molar-refractivity contribution in [3.8, 4) is 5.75 Å². The third-order valence-corrected chi connectivity index (χ3v) is 3.46. The lowest BCUT2D eigenvalue weighted by Gasteiger charge is -2.09. The van der Waals surface area contributed by atoms with Crippen molar-refractivity contribution in [1.29, 1.82) is 0 Å². The van der Waals surface area contributed by atoms with E-state index in [0.717, 1.165) is 12.8 Å². The summed E-state index contributed by atoms with van der Waals surface area (Å²) in [7, 11) is -3.67. The second kappa shape index (κ2) is 6.48. The molecule has 0 aliphatic carbocycles. The highest BCUT2D eigenvalue weighted by atomic mass is 32.2. The molecule has 0 fully saturated rings. The number of para-hydroxylation sites is 1. The second-order valence-electron chi connectivity index (χ2n) is 3.83. The molecule has 0 aromatic heterocycles. The van der Waals surface area contributed by atoms with Crippen LogP contribution in [0.3, 0.4) is 0 Å². The molecule has 0 saturated carbocycles. The van der Waals surface area contributed by atoms with Crippen LogP contribution in [0.2, 0.25) is 0 Å². The number of nitro benzene ring substituents is 1. The largest absolute Gasteiger partial charge is 0.485 e. The number of sulfone groups is 1. The number of nitro groups is 1. The van der Waals surface area contributed by atoms with Gasteiger partial charge in [0.15, 0.2) is 15.6 Å². The number of hydrogen-bond acceptors (Lipinski definition) is 6. The van der Waals surface area contributed by atoms with Crippen molar-refractivity contribution < 1.29 is 18.1 Å². The molecule has 0 aliphatic heterocycles. The van der Waals surface area contributed by atoms with Crippen LogP contribution in [0.5, 0.6) is 5.75 Å². The number of likely N-dealkylation sites (N-methyl/N-ethyl adjacent to an activating group) is 1. The van der Waals surface area contributed by atoms with Crippen LogP contribution >= 0.6 is 0 Å². The molecule has 0 saturated heterocycles. The van der Waals surface area contributed by atoms with Crippen molar-refractivity contribution in [2.75, 3.05) is 26.0 Å². The van der Waals surface area contributed by atoms with E-state index in [-0.39, 0.29) is 17.3 Å². The quantitative estimate of drug-likeness (QED) is 0.456. The summed E-state index contributed by atoms with van der Waals surface area (Å²) in [5.41, 5.74) is -0.513. The lowest BCUT2D eigenvalue weighted by atomic mass is 10.3. The van der Waals surface area contributed by atoms with Gasteiger partial charge in [-0.15, -0.1) is 0 Å². The molecule has 106 valence electrons. The van der Waals surface area contributed by atoms with E-state index in [4.69, 9.17) is 4.74 Å². The fourth-order valence-corrected chi connectivity index (χ4v) is 2.36. The van der Waals surface area contributed by atoms with Crippen molar-refractivity contribution in [1.82, 2.24) is 5.32 Å². The Morgan fingerprint density at radius 2 is 2.11 bits per heavy atom. The van der Waals surface area contributed by atoms with Crippen molar-refractivity contribution >= 4 is 15.5 Å². The summed E-state index contributed by atoms with van der Waals surface area (Å²) >= 11 is 0. The van der Waals surface area contributed by atoms with E-state index in [1.807, 2.05) is 6.92 Å². The highest BCUT2D eigenvalue weighted by molar-refractivity contribution is 7.90. The summed E-state index contributed by atoms with van der Waals surface area (Å²) in [6, 6.07) is 4.01. The summed E-state index contributed by atoms with van der Waals surface area (Å²) in [6.45, 7) is 3.43. The summed E-state index contributed by atoms with van der Waals surface area (Å²) < 4.78 is 28.3. The molecule has 0 radical (unpaired) electrons. The van der Waals surface area contributed by atoms with Crippen molar-refractivity contribution in [2.24, 2.45) is 0 Å². The van der Waals surface area contributed by atoms with Crippen molar-refractivity contribution in [3.05, 3.63) is 28.3 Å². The molecule has 1 N–H and O–H groups in total. The summed E-state index contributed by atoms with van der Waals surface area (Å²) in [5.74, 6) is -0.0363. The molecule has 0 aliphatic rings. The van der Waals surface area contributed by atoms with Gasteiger partial charge in [0.25, 0.3) is 0 Å². The number of nitrogens with one attached hydrogen (secondary N) is 1. The van der Waals surface area contributed by atoms with Crippen LogP contribution in [-0.4, -0.2) is 39.3 Å². The summed E-state index contributed by atoms with van der Waals surface area (Å²) in [4.78, 5) is 9.95. The van der Waals surface area contributed by atoms with Gasteiger partial charge in [0.1, 0.15) is 11.5 Å². The van der Waals surface area contributed by atoms with E-state index < -0.39 is 20.4 Å². The third kappa shape index (κ3) is 4.18. The van der Waals surface area contributed by atoms with Gasteiger partial charge in [-0.1, -0.05) is 13.0 Å². The molecular formula is C11H16N2O5S. The monoisotopic (exact) mass is 288 g/mol. The number of hydrogen-bond donors (Lipinski definition) is 1. The lowest BCUT2D eigenvalue weighted by Crippen LogP contribution is -2.20. The molecule has 19 heavy (non-hydrogen) atoms. The van der Waals surface area contributed by atoms with E-state index in [1.165, 1.54) is 18.2 Å². The van der Waals surface area contributed by atoms with Gasteiger partial charge in [-0.2, -0.15) is 0 Å². The van der Waals surface area contributed by atoms with Crippen LogP contribution in [0.4, 0.5) is 5.69 Å². The molecular weight excluding hydrogens is 272 g/mol. The molecule has 8 heteroatoms. The Labute approximate surface area is 111 Å². The molecule has 7 nitrogen and oxygen atoms in total. The SMILES string of the molecule is CCNCCOc1cccc(S(C)(=O)=O)c1[N+](=O)[O-]. The molecule has 0 heterocycles. The highest BCUT2D eigenvalue weighted by Gasteiger charge is 2.26. The second-order valence-corrected chi connectivity index (χ2v) is 5.82. The van der Waals surface area contributed by atoms with Gasteiger partial charge in [0.2, 0.25) is 0 Å². The van der Waals surface area contributed by atoms with Crippen LogP contribution in [-0.2, 0) is 9.84 Å². The van der Waals surface area contributed by atoms with Crippen molar-refractivity contribution in [3.63, 3.8) is 0 Å². The molecule has 0 amide bonds. The first kappa shape index (κ1) is 15.4. The fourth-order valence-electron chi connectivity index (χ4n) is 1.51. The molecule has 0 unspecified atom stereocenters. The van der Waals surface area contributed by atoms with Gasteiger partial charge in [0.05, 0.1) is 4.92 Å². The molecule has 1 aromatic rings. The first-order chi connectivity index (χ1) is 8.88. The maximum Gasteiger partial charge on any atom is 0.329 e. The maximum absolute atomic E-state index is 11.5. The summed E-state index contributed by atoms with van der Waals surface area (Å²) in [5, 5.41) is 14.0. The van der Waals surface area contributed by atoms with Gasteiger partial charge in [-0.3, -0.25) is 10.1 Å². The average Bonchev–Trinajstić information content (AvgIpc) is 2.33. The lowest BCUT2D eigenvalue weighted by molar-refractivity contribution is -0.388. The Hall–Kier alpha value is -1.67. The van der Waals surface area contributed by atoms with Gasteiger partial charge in [-0.05, 0) is 18.7 Å². The predicted octanol–water partition coefficient (Wildman–Crippen LogP) is 0.987. The molecule has 0 spiro atoms. The normalized spacial score (nSPS) is 11.3. The zero-order valence-corrected chi connectivity index (χ0v) is 11.6. The number of nitrogens with zero attached hydrogens (tertiary/aromatic N) is 1. The molecule has 1 rings (SSSR count). The number of rotatable bonds is 7. The standard InChI is InChI=1S/C11H16N2O5S/c1-3-12-7-8-18-9-5-4-6-10(19(2,16)17)11(9)13(14)15/h4-6,12H,3,7-8H2,1-2H3. The van der Waals surface area contributed by atoms with Crippen LogP contribution in [0.15, 0.2) is 23.1 Å². The van der Waals surface area contributed by atoms with Crippen molar-refractivity contribution in [2.45, 2.75) is 11.8 Å². The number of benzene rings is 1. The van der Waals surface area contributed by atoms with Gasteiger partial charge < -0.3 is 10.1 Å². The zero-order valence-electron chi connectivity index (χ0n) is 10.8. The Bertz CT molecular complexity index is 556. The summed E-state index contributed by atoms with van der Waals surface area (Å²) in [6.07, 6.45) is 0.928.